The van der Waals surface area contributed by atoms with Crippen molar-refractivity contribution < 1.29 is 27.5 Å². The third-order valence-corrected chi connectivity index (χ3v) is 8.73. The Morgan fingerprint density at radius 1 is 1.00 bits per heavy atom. The van der Waals surface area contributed by atoms with Crippen molar-refractivity contribution in [3.05, 3.63) is 48.0 Å². The van der Waals surface area contributed by atoms with Crippen LogP contribution in [0.2, 0.25) is 0 Å². The van der Waals surface area contributed by atoms with Crippen LogP contribution in [0, 0.1) is 5.92 Å². The molecule has 0 atom stereocenters. The second-order valence-electron chi connectivity index (χ2n) is 11.9. The Labute approximate surface area is 250 Å². The van der Waals surface area contributed by atoms with Gasteiger partial charge < -0.3 is 20.3 Å². The third kappa shape index (κ3) is 8.41. The van der Waals surface area contributed by atoms with Crippen LogP contribution in [0.5, 0.6) is 0 Å². The maximum absolute atomic E-state index is 13.5. The summed E-state index contributed by atoms with van der Waals surface area (Å²) in [6, 6.07) is 11.9. The number of amides is 2. The summed E-state index contributed by atoms with van der Waals surface area (Å²) in [5.74, 6) is 0.101. The van der Waals surface area contributed by atoms with E-state index in [0.717, 1.165) is 71.8 Å². The van der Waals surface area contributed by atoms with Gasteiger partial charge in [0.1, 0.15) is 5.60 Å². The van der Waals surface area contributed by atoms with Crippen LogP contribution in [0.4, 0.5) is 29.3 Å². The highest BCUT2D eigenvalue weighted by atomic mass is 32.2. The zero-order chi connectivity index (χ0) is 30.5. The lowest BCUT2D eigenvalue weighted by atomic mass is 9.92. The highest BCUT2D eigenvalue weighted by Gasteiger charge is 2.33. The minimum atomic E-state index is -4.38. The minimum absolute atomic E-state index is 0.248. The molecular weight excluding hydrogens is 565 g/mol. The number of hydrogen-bond acceptors (Lipinski definition) is 7. The van der Waals surface area contributed by atoms with Crippen molar-refractivity contribution in [1.29, 1.82) is 0 Å². The molecule has 0 aromatic heterocycles. The highest BCUT2D eigenvalue weighted by Crippen LogP contribution is 2.49. The van der Waals surface area contributed by atoms with Gasteiger partial charge in [0.25, 0.3) is 0 Å². The first-order valence-corrected chi connectivity index (χ1v) is 15.4. The Hall–Kier alpha value is -2.76. The molecule has 0 saturated carbocycles. The number of carbonyl (C=O) groups is 2. The molecule has 0 spiro atoms. The van der Waals surface area contributed by atoms with E-state index in [9.17, 15) is 22.8 Å². The number of benzene rings is 2. The van der Waals surface area contributed by atoms with Gasteiger partial charge in [-0.15, -0.1) is 0 Å². The lowest BCUT2D eigenvalue weighted by molar-refractivity contribution is -0.137. The lowest BCUT2D eigenvalue weighted by Crippen LogP contribution is -2.45. The number of nitrogens with zero attached hydrogens (tertiary/aromatic N) is 3. The first-order chi connectivity index (χ1) is 19.9. The summed E-state index contributed by atoms with van der Waals surface area (Å²) >= 11 is 1.51. The quantitative estimate of drug-likeness (QED) is 0.332. The fraction of sp³-hybridized carbons (Fsp3) is 0.548. The van der Waals surface area contributed by atoms with Gasteiger partial charge in [-0.25, -0.2) is 9.69 Å². The van der Waals surface area contributed by atoms with E-state index in [0.29, 0.717) is 24.6 Å². The molecule has 11 heteroatoms. The summed E-state index contributed by atoms with van der Waals surface area (Å²) < 4.78 is 45.9. The number of nitrogens with two attached hydrogens (primary N) is 1. The molecule has 0 unspecified atom stereocenters. The number of anilines is 2. The van der Waals surface area contributed by atoms with Crippen LogP contribution in [0.1, 0.15) is 58.4 Å². The Kier molecular flexibility index (Phi) is 10.5. The molecule has 2 amide bonds. The Bertz CT molecular complexity index is 1240. The fourth-order valence-corrected chi connectivity index (χ4v) is 6.56. The van der Waals surface area contributed by atoms with E-state index in [2.05, 4.69) is 4.90 Å². The van der Waals surface area contributed by atoms with E-state index in [1.807, 2.05) is 29.2 Å². The summed E-state index contributed by atoms with van der Waals surface area (Å²) in [7, 11) is 0. The van der Waals surface area contributed by atoms with Gasteiger partial charge in [0, 0.05) is 22.9 Å². The molecule has 0 aliphatic carbocycles. The number of fused-ring (bicyclic) bond motifs is 2. The number of rotatable bonds is 9. The number of alkyl halides is 3. The third-order valence-electron chi connectivity index (χ3n) is 7.60. The fourth-order valence-electron chi connectivity index (χ4n) is 5.48. The standard InChI is InChI=1S/C31H41F3N4O3S/c1-30(2,3)41-29(40)38(28(39)21-35)17-7-15-36-18-13-22(14-19-36)8-6-16-37-24-9-4-5-10-26(24)42-27-12-11-23(20-25(27)37)31(32,33)34/h4-5,9-12,20,22H,6-8,13-19,21,35H2,1-3H3. The van der Waals surface area contributed by atoms with E-state index in [4.69, 9.17) is 10.5 Å². The van der Waals surface area contributed by atoms with Crippen molar-refractivity contribution in [3.63, 3.8) is 0 Å². The summed E-state index contributed by atoms with van der Waals surface area (Å²) in [5.41, 5.74) is 5.76. The molecule has 7 nitrogen and oxygen atoms in total. The highest BCUT2D eigenvalue weighted by molar-refractivity contribution is 7.99. The number of ether oxygens (including phenoxy) is 1. The van der Waals surface area contributed by atoms with Crippen molar-refractivity contribution in [2.45, 2.75) is 74.4 Å². The van der Waals surface area contributed by atoms with Gasteiger partial charge in [-0.1, -0.05) is 23.9 Å². The molecule has 2 N–H and O–H groups in total. The largest absolute Gasteiger partial charge is 0.443 e. The molecule has 1 fully saturated rings. The zero-order valence-electron chi connectivity index (χ0n) is 24.6. The number of halogens is 3. The smallest absolute Gasteiger partial charge is 0.417 e. The Morgan fingerprint density at radius 2 is 1.69 bits per heavy atom. The molecule has 1 saturated heterocycles. The van der Waals surface area contributed by atoms with E-state index < -0.39 is 29.3 Å². The van der Waals surface area contributed by atoms with Gasteiger partial charge in [-0.05, 0) is 109 Å². The van der Waals surface area contributed by atoms with E-state index in [-0.39, 0.29) is 13.1 Å². The topological polar surface area (TPSA) is 79.1 Å². The Morgan fingerprint density at radius 3 is 2.36 bits per heavy atom. The van der Waals surface area contributed by atoms with Gasteiger partial charge in [0.05, 0.1) is 23.5 Å². The molecule has 2 heterocycles. The number of carbonyl (C=O) groups excluding carboxylic acids is 2. The normalized spacial score (nSPS) is 16.1. The second kappa shape index (κ2) is 13.7. The van der Waals surface area contributed by atoms with Crippen molar-refractivity contribution in [1.82, 2.24) is 9.80 Å². The van der Waals surface area contributed by atoms with Crippen LogP contribution >= 0.6 is 11.8 Å². The number of imide groups is 1. The molecular formula is C31H41F3N4O3S. The van der Waals surface area contributed by atoms with Gasteiger partial charge in [0.2, 0.25) is 5.91 Å². The van der Waals surface area contributed by atoms with Crippen molar-refractivity contribution in [3.8, 4) is 0 Å². The average molecular weight is 607 g/mol. The van der Waals surface area contributed by atoms with Gasteiger partial charge in [-0.2, -0.15) is 13.2 Å². The molecule has 2 aliphatic heterocycles. The first-order valence-electron chi connectivity index (χ1n) is 14.6. The predicted molar refractivity (Wildman–Crippen MR) is 159 cm³/mol. The van der Waals surface area contributed by atoms with Crippen molar-refractivity contribution in [2.24, 2.45) is 11.7 Å². The van der Waals surface area contributed by atoms with Crippen molar-refractivity contribution in [2.75, 3.05) is 44.2 Å². The van der Waals surface area contributed by atoms with Gasteiger partial charge in [0.15, 0.2) is 0 Å². The molecule has 0 bridgehead atoms. The number of piperidine rings is 1. The van der Waals surface area contributed by atoms with Crippen LogP contribution < -0.4 is 10.6 Å². The molecule has 0 radical (unpaired) electrons. The van der Waals surface area contributed by atoms with Crippen LogP contribution in [0.15, 0.2) is 52.3 Å². The van der Waals surface area contributed by atoms with Gasteiger partial charge in [-0.3, -0.25) is 4.79 Å². The van der Waals surface area contributed by atoms with Crippen molar-refractivity contribution >= 4 is 35.1 Å². The molecule has 230 valence electrons. The molecule has 2 aliphatic rings. The molecule has 42 heavy (non-hydrogen) atoms. The number of hydrogen-bond donors (Lipinski definition) is 1. The maximum atomic E-state index is 13.5. The predicted octanol–water partition coefficient (Wildman–Crippen LogP) is 6.91. The van der Waals surface area contributed by atoms with Crippen LogP contribution in [0.3, 0.4) is 0 Å². The minimum Gasteiger partial charge on any atom is -0.443 e. The summed E-state index contributed by atoms with van der Waals surface area (Å²) in [4.78, 5) is 32.1. The first kappa shape index (κ1) is 32.2. The summed E-state index contributed by atoms with van der Waals surface area (Å²) in [6.45, 7) is 8.57. The van der Waals surface area contributed by atoms with Crippen LogP contribution in [0.25, 0.3) is 0 Å². The lowest BCUT2D eigenvalue weighted by Gasteiger charge is -2.35. The average Bonchev–Trinajstić information content (AvgIpc) is 2.93. The number of para-hydroxylation sites is 1. The summed E-state index contributed by atoms with van der Waals surface area (Å²) in [6.07, 6.45) is -0.441. The maximum Gasteiger partial charge on any atom is 0.417 e. The van der Waals surface area contributed by atoms with Crippen LogP contribution in [-0.2, 0) is 15.7 Å². The molecule has 2 aromatic rings. The number of likely N-dealkylation sites (tertiary alicyclic amines) is 1. The summed E-state index contributed by atoms with van der Waals surface area (Å²) in [5, 5.41) is 0. The van der Waals surface area contributed by atoms with Crippen LogP contribution in [-0.4, -0.2) is 66.7 Å². The van der Waals surface area contributed by atoms with Gasteiger partial charge >= 0.3 is 12.3 Å². The monoisotopic (exact) mass is 606 g/mol. The Balaban J connectivity index is 1.27. The van der Waals surface area contributed by atoms with E-state index >= 15 is 0 Å². The van der Waals surface area contributed by atoms with E-state index in [1.165, 1.54) is 17.8 Å². The zero-order valence-corrected chi connectivity index (χ0v) is 25.4. The molecule has 4 rings (SSSR count). The molecule has 2 aromatic carbocycles. The van der Waals surface area contributed by atoms with E-state index in [1.54, 1.807) is 26.8 Å². The SMILES string of the molecule is CC(C)(C)OC(=O)N(CCCN1CCC(CCCN2c3ccccc3Sc3ccc(C(F)(F)F)cc32)CC1)C(=O)CN. The second-order valence-corrected chi connectivity index (χ2v) is 13.0.